The Kier molecular flexibility index (Phi) is 4.78. The molecule has 3 nitrogen and oxygen atoms in total. The maximum Gasteiger partial charge on any atom is 0.257 e. The summed E-state index contributed by atoms with van der Waals surface area (Å²) in [6, 6.07) is 9.68. The van der Waals surface area contributed by atoms with Crippen LogP contribution in [0.2, 0.25) is 5.15 Å². The minimum Gasteiger partial charge on any atom is -0.337 e. The molecule has 1 heterocycles. The molecule has 2 rings (SSSR count). The Morgan fingerprint density at radius 3 is 2.80 bits per heavy atom. The number of hydrogen-bond acceptors (Lipinski definition) is 2. The molecule has 0 aliphatic heterocycles. The third-order valence-corrected chi connectivity index (χ3v) is 3.79. The van der Waals surface area contributed by atoms with Crippen molar-refractivity contribution in [1.82, 2.24) is 9.88 Å². The van der Waals surface area contributed by atoms with Gasteiger partial charge in [-0.05, 0) is 40.0 Å². The third-order valence-electron chi connectivity index (χ3n) is 3.05. The number of halogens is 2. The van der Waals surface area contributed by atoms with Gasteiger partial charge in [0.15, 0.2) is 0 Å². The highest BCUT2D eigenvalue weighted by molar-refractivity contribution is 9.10. The second-order valence-electron chi connectivity index (χ2n) is 4.58. The van der Waals surface area contributed by atoms with E-state index in [0.29, 0.717) is 12.1 Å². The zero-order valence-electron chi connectivity index (χ0n) is 11.2. The highest BCUT2D eigenvalue weighted by atomic mass is 79.9. The zero-order chi connectivity index (χ0) is 14.7. The van der Waals surface area contributed by atoms with Crippen molar-refractivity contribution < 1.29 is 4.79 Å². The van der Waals surface area contributed by atoms with Crippen molar-refractivity contribution in [2.75, 3.05) is 7.05 Å². The molecule has 1 amide bonds. The highest BCUT2D eigenvalue weighted by Crippen LogP contribution is 2.20. The van der Waals surface area contributed by atoms with Crippen molar-refractivity contribution in [3.8, 4) is 0 Å². The van der Waals surface area contributed by atoms with E-state index in [1.54, 1.807) is 24.2 Å². The Bertz CT molecular complexity index is 646. The number of carbonyl (C=O) groups is 1. The molecule has 1 aromatic heterocycles. The summed E-state index contributed by atoms with van der Waals surface area (Å²) in [6.45, 7) is 2.57. The Morgan fingerprint density at radius 2 is 2.10 bits per heavy atom. The van der Waals surface area contributed by atoms with Crippen LogP contribution in [0.25, 0.3) is 0 Å². The molecular formula is C15H14BrClN2O. The molecule has 0 saturated heterocycles. The molecule has 0 unspecified atom stereocenters. The third kappa shape index (κ3) is 3.38. The van der Waals surface area contributed by atoms with E-state index >= 15 is 0 Å². The summed E-state index contributed by atoms with van der Waals surface area (Å²) in [5, 5.41) is 0.217. The van der Waals surface area contributed by atoms with Crippen LogP contribution >= 0.6 is 27.5 Å². The number of rotatable bonds is 3. The predicted octanol–water partition coefficient (Wildman–Crippen LogP) is 4.08. The molecule has 0 aliphatic carbocycles. The van der Waals surface area contributed by atoms with E-state index in [-0.39, 0.29) is 11.1 Å². The molecule has 0 spiro atoms. The maximum atomic E-state index is 12.4. The molecule has 0 N–H and O–H groups in total. The van der Waals surface area contributed by atoms with Crippen LogP contribution in [0.5, 0.6) is 0 Å². The highest BCUT2D eigenvalue weighted by Gasteiger charge is 2.17. The van der Waals surface area contributed by atoms with E-state index in [4.69, 9.17) is 11.6 Å². The molecule has 2 aromatic rings. The van der Waals surface area contributed by atoms with Crippen molar-refractivity contribution in [3.05, 3.63) is 62.8 Å². The van der Waals surface area contributed by atoms with Gasteiger partial charge >= 0.3 is 0 Å². The average molecular weight is 354 g/mol. The lowest BCUT2D eigenvalue weighted by Gasteiger charge is -2.19. The second-order valence-corrected chi connectivity index (χ2v) is 5.85. The van der Waals surface area contributed by atoms with Gasteiger partial charge in [-0.25, -0.2) is 4.98 Å². The largest absolute Gasteiger partial charge is 0.337 e. The molecule has 20 heavy (non-hydrogen) atoms. The molecule has 0 fully saturated rings. The van der Waals surface area contributed by atoms with Crippen LogP contribution in [0.3, 0.4) is 0 Å². The van der Waals surface area contributed by atoms with E-state index in [9.17, 15) is 4.79 Å². The standard InChI is InChI=1S/C15H14BrClN2O/c1-10-5-3-4-6-11(10)9-19(2)15(20)13-7-12(16)8-18-14(13)17/h3-8H,9H2,1-2H3. The van der Waals surface area contributed by atoms with E-state index in [0.717, 1.165) is 15.6 Å². The SMILES string of the molecule is Cc1ccccc1CN(C)C(=O)c1cc(Br)cnc1Cl. The summed E-state index contributed by atoms with van der Waals surface area (Å²) in [5.74, 6) is -0.146. The first-order valence-electron chi connectivity index (χ1n) is 6.10. The van der Waals surface area contributed by atoms with Crippen LogP contribution in [-0.2, 0) is 6.54 Å². The van der Waals surface area contributed by atoms with Gasteiger partial charge in [0.1, 0.15) is 5.15 Å². The van der Waals surface area contributed by atoms with Gasteiger partial charge in [0, 0.05) is 24.3 Å². The lowest BCUT2D eigenvalue weighted by molar-refractivity contribution is 0.0784. The van der Waals surface area contributed by atoms with Crippen molar-refractivity contribution in [1.29, 1.82) is 0 Å². The topological polar surface area (TPSA) is 33.2 Å². The first-order valence-corrected chi connectivity index (χ1v) is 7.27. The van der Waals surface area contributed by atoms with Crippen LogP contribution in [-0.4, -0.2) is 22.8 Å². The summed E-state index contributed by atoms with van der Waals surface area (Å²) in [5.41, 5.74) is 2.67. The zero-order valence-corrected chi connectivity index (χ0v) is 13.6. The van der Waals surface area contributed by atoms with Crippen molar-refractivity contribution in [2.24, 2.45) is 0 Å². The number of aryl methyl sites for hydroxylation is 1. The molecule has 0 atom stereocenters. The fourth-order valence-electron chi connectivity index (χ4n) is 1.89. The fraction of sp³-hybridized carbons (Fsp3) is 0.200. The van der Waals surface area contributed by atoms with Gasteiger partial charge in [0.2, 0.25) is 0 Å². The smallest absolute Gasteiger partial charge is 0.257 e. The van der Waals surface area contributed by atoms with Gasteiger partial charge in [-0.15, -0.1) is 0 Å². The van der Waals surface area contributed by atoms with E-state index in [1.165, 1.54) is 0 Å². The number of aromatic nitrogens is 1. The lowest BCUT2D eigenvalue weighted by Crippen LogP contribution is -2.27. The number of benzene rings is 1. The van der Waals surface area contributed by atoms with Crippen LogP contribution in [0.15, 0.2) is 41.0 Å². The first-order chi connectivity index (χ1) is 9.49. The van der Waals surface area contributed by atoms with E-state index in [1.807, 2.05) is 31.2 Å². The number of hydrogen-bond donors (Lipinski definition) is 0. The van der Waals surface area contributed by atoms with Crippen LogP contribution < -0.4 is 0 Å². The summed E-state index contributed by atoms with van der Waals surface area (Å²) >= 11 is 9.29. The van der Waals surface area contributed by atoms with Crippen molar-refractivity contribution in [2.45, 2.75) is 13.5 Å². The van der Waals surface area contributed by atoms with Gasteiger partial charge in [-0.3, -0.25) is 4.79 Å². The Morgan fingerprint density at radius 1 is 1.40 bits per heavy atom. The summed E-state index contributed by atoms with van der Waals surface area (Å²) in [7, 11) is 1.76. The normalized spacial score (nSPS) is 10.4. The average Bonchev–Trinajstić information content (AvgIpc) is 2.43. The van der Waals surface area contributed by atoms with E-state index in [2.05, 4.69) is 20.9 Å². The van der Waals surface area contributed by atoms with Crippen molar-refractivity contribution >= 4 is 33.4 Å². The monoisotopic (exact) mass is 352 g/mol. The van der Waals surface area contributed by atoms with Gasteiger partial charge in [0.25, 0.3) is 5.91 Å². The summed E-state index contributed by atoms with van der Waals surface area (Å²) in [6.07, 6.45) is 1.57. The van der Waals surface area contributed by atoms with Crippen LogP contribution in [0.1, 0.15) is 21.5 Å². The summed E-state index contributed by atoms with van der Waals surface area (Å²) < 4.78 is 0.731. The predicted molar refractivity (Wildman–Crippen MR) is 83.9 cm³/mol. The summed E-state index contributed by atoms with van der Waals surface area (Å²) in [4.78, 5) is 18.0. The number of carbonyl (C=O) groups excluding carboxylic acids is 1. The van der Waals surface area contributed by atoms with Crippen LogP contribution in [0.4, 0.5) is 0 Å². The molecule has 0 radical (unpaired) electrons. The molecule has 1 aromatic carbocycles. The second kappa shape index (κ2) is 6.37. The van der Waals surface area contributed by atoms with Crippen molar-refractivity contribution in [3.63, 3.8) is 0 Å². The Labute approximate surface area is 131 Å². The van der Waals surface area contributed by atoms with Gasteiger partial charge in [0.05, 0.1) is 5.56 Å². The molecular weight excluding hydrogens is 340 g/mol. The molecule has 0 aliphatic rings. The van der Waals surface area contributed by atoms with Gasteiger partial charge < -0.3 is 4.90 Å². The van der Waals surface area contributed by atoms with Crippen LogP contribution in [0, 0.1) is 6.92 Å². The minimum atomic E-state index is -0.146. The van der Waals surface area contributed by atoms with E-state index < -0.39 is 0 Å². The molecule has 104 valence electrons. The number of nitrogens with zero attached hydrogens (tertiary/aromatic N) is 2. The number of pyridine rings is 1. The maximum absolute atomic E-state index is 12.4. The van der Waals surface area contributed by atoms with Gasteiger partial charge in [-0.1, -0.05) is 35.9 Å². The number of amides is 1. The van der Waals surface area contributed by atoms with Gasteiger partial charge in [-0.2, -0.15) is 0 Å². The lowest BCUT2D eigenvalue weighted by atomic mass is 10.1. The molecule has 5 heteroatoms. The molecule has 0 saturated carbocycles. The molecule has 0 bridgehead atoms. The minimum absolute atomic E-state index is 0.146. The quantitative estimate of drug-likeness (QED) is 0.779. The first kappa shape index (κ1) is 15.0. The fourth-order valence-corrected chi connectivity index (χ4v) is 2.41. The Balaban J connectivity index is 2.21. The Hall–Kier alpha value is -1.39.